The number of carbonyl (C=O) groups excluding carboxylic acids is 1. The van der Waals surface area contributed by atoms with E-state index in [0.717, 1.165) is 24.2 Å². The Morgan fingerprint density at radius 3 is 2.96 bits per heavy atom. The van der Waals surface area contributed by atoms with E-state index >= 15 is 0 Å². The van der Waals surface area contributed by atoms with Crippen LogP contribution in [-0.4, -0.2) is 65.8 Å². The van der Waals surface area contributed by atoms with Gasteiger partial charge in [-0.3, -0.25) is 4.79 Å². The lowest BCUT2D eigenvalue weighted by Gasteiger charge is -2.31. The van der Waals surface area contributed by atoms with E-state index in [0.29, 0.717) is 49.3 Å². The molecule has 2 aromatic rings. The summed E-state index contributed by atoms with van der Waals surface area (Å²) in [6, 6.07) is 3.68. The normalized spacial score (nSPS) is 18.4. The fraction of sp³-hybridized carbons (Fsp3) is 0.421. The number of rotatable bonds is 6. The van der Waals surface area contributed by atoms with Crippen LogP contribution in [0.15, 0.2) is 24.5 Å². The topological polar surface area (TPSA) is 97.3 Å². The van der Waals surface area contributed by atoms with Gasteiger partial charge in [0.25, 0.3) is 0 Å². The molecule has 2 aliphatic heterocycles. The zero-order valence-corrected chi connectivity index (χ0v) is 15.6. The zero-order chi connectivity index (χ0) is 19.5. The molecule has 0 unspecified atom stereocenters. The van der Waals surface area contributed by atoms with Crippen molar-refractivity contribution in [3.63, 3.8) is 0 Å². The van der Waals surface area contributed by atoms with E-state index in [2.05, 4.69) is 9.97 Å². The Labute approximate surface area is 162 Å². The van der Waals surface area contributed by atoms with Gasteiger partial charge >= 0.3 is 0 Å². The van der Waals surface area contributed by atoms with Crippen molar-refractivity contribution in [3.8, 4) is 17.5 Å². The van der Waals surface area contributed by atoms with Crippen molar-refractivity contribution in [1.29, 1.82) is 0 Å². The molecule has 0 saturated carbocycles. The maximum absolute atomic E-state index is 10.9. The Kier molecular flexibility index (Phi) is 5.16. The van der Waals surface area contributed by atoms with E-state index in [1.54, 1.807) is 17.3 Å². The molecule has 1 fully saturated rings. The maximum atomic E-state index is 10.9. The average Bonchev–Trinajstić information content (AvgIpc) is 3.20. The van der Waals surface area contributed by atoms with Crippen LogP contribution in [-0.2, 0) is 11.4 Å². The molecule has 0 spiro atoms. The van der Waals surface area contributed by atoms with Gasteiger partial charge in [-0.2, -0.15) is 0 Å². The highest BCUT2D eigenvalue weighted by atomic mass is 16.5. The molecule has 9 heteroatoms. The van der Waals surface area contributed by atoms with Gasteiger partial charge in [0.1, 0.15) is 12.7 Å². The zero-order valence-electron chi connectivity index (χ0n) is 15.6. The predicted octanol–water partition coefficient (Wildman–Crippen LogP) is 1.12. The molecule has 1 N–H and O–H groups in total. The molecular formula is C19H22N4O5. The maximum Gasteiger partial charge on any atom is 0.218 e. The van der Waals surface area contributed by atoms with Crippen LogP contribution in [0.25, 0.3) is 0 Å². The number of fused-ring (bicyclic) bond motifs is 1. The van der Waals surface area contributed by atoms with Crippen LogP contribution in [0.4, 0.5) is 11.4 Å². The molecule has 0 aromatic carbocycles. The lowest BCUT2D eigenvalue weighted by atomic mass is 10.2. The Bertz CT molecular complexity index is 862. The van der Waals surface area contributed by atoms with E-state index in [1.165, 1.54) is 7.11 Å². The number of aliphatic hydroxyl groups is 1. The number of ether oxygens (including phenoxy) is 3. The van der Waals surface area contributed by atoms with Gasteiger partial charge in [-0.25, -0.2) is 9.97 Å². The summed E-state index contributed by atoms with van der Waals surface area (Å²) in [5.74, 6) is 1.54. The number of pyridine rings is 2. The first-order valence-electron chi connectivity index (χ1n) is 9.12. The first-order valence-corrected chi connectivity index (χ1v) is 9.12. The van der Waals surface area contributed by atoms with Crippen molar-refractivity contribution in [2.75, 3.05) is 38.3 Å². The molecule has 2 aliphatic rings. The smallest absolute Gasteiger partial charge is 0.218 e. The summed E-state index contributed by atoms with van der Waals surface area (Å²) in [7, 11) is 1.52. The molecular weight excluding hydrogens is 364 g/mol. The number of aliphatic hydroxyl groups excluding tert-OH is 1. The summed E-state index contributed by atoms with van der Waals surface area (Å²) >= 11 is 0. The van der Waals surface area contributed by atoms with Crippen LogP contribution in [0, 0.1) is 0 Å². The largest absolute Gasteiger partial charge is 0.488 e. The molecule has 2 aromatic heterocycles. The number of amides is 1. The van der Waals surface area contributed by atoms with Gasteiger partial charge < -0.3 is 29.1 Å². The summed E-state index contributed by atoms with van der Waals surface area (Å²) in [6.45, 7) is 2.21. The SMILES string of the molecule is COc1ncc(N2CCOc3cnc(O[C@H]4CCN(C=O)C4)cc32)cc1CO. The van der Waals surface area contributed by atoms with Crippen LogP contribution >= 0.6 is 0 Å². The minimum absolute atomic E-state index is 0.0719. The van der Waals surface area contributed by atoms with Crippen LogP contribution in [0.2, 0.25) is 0 Å². The molecule has 4 heterocycles. The molecule has 9 nitrogen and oxygen atoms in total. The van der Waals surface area contributed by atoms with Crippen molar-refractivity contribution in [1.82, 2.24) is 14.9 Å². The monoisotopic (exact) mass is 386 g/mol. The Balaban J connectivity index is 1.60. The van der Waals surface area contributed by atoms with E-state index < -0.39 is 0 Å². The Hall–Kier alpha value is -3.07. The lowest BCUT2D eigenvalue weighted by Crippen LogP contribution is -2.29. The van der Waals surface area contributed by atoms with Crippen molar-refractivity contribution in [2.45, 2.75) is 19.1 Å². The van der Waals surface area contributed by atoms with Gasteiger partial charge in [0.05, 0.1) is 50.6 Å². The van der Waals surface area contributed by atoms with Crippen molar-refractivity contribution >= 4 is 17.8 Å². The van der Waals surface area contributed by atoms with Crippen LogP contribution < -0.4 is 19.1 Å². The summed E-state index contributed by atoms with van der Waals surface area (Å²) in [5, 5.41) is 9.59. The summed E-state index contributed by atoms with van der Waals surface area (Å²) in [6.07, 6.45) is 4.90. The van der Waals surface area contributed by atoms with Crippen molar-refractivity contribution in [2.24, 2.45) is 0 Å². The number of anilines is 2. The van der Waals surface area contributed by atoms with Gasteiger partial charge in [0, 0.05) is 24.6 Å². The number of aromatic nitrogens is 2. The predicted molar refractivity (Wildman–Crippen MR) is 100 cm³/mol. The molecule has 1 saturated heterocycles. The molecule has 1 amide bonds. The van der Waals surface area contributed by atoms with E-state index in [-0.39, 0.29) is 12.7 Å². The number of likely N-dealkylation sites (tertiary alicyclic amines) is 1. The van der Waals surface area contributed by atoms with Crippen LogP contribution in [0.3, 0.4) is 0 Å². The molecule has 0 aliphatic carbocycles. The minimum Gasteiger partial charge on any atom is -0.488 e. The second kappa shape index (κ2) is 7.89. The summed E-state index contributed by atoms with van der Waals surface area (Å²) in [4.78, 5) is 23.3. The first kappa shape index (κ1) is 18.3. The Morgan fingerprint density at radius 2 is 2.21 bits per heavy atom. The van der Waals surface area contributed by atoms with E-state index in [9.17, 15) is 9.90 Å². The van der Waals surface area contributed by atoms with Gasteiger partial charge in [-0.1, -0.05) is 0 Å². The third-order valence-electron chi connectivity index (χ3n) is 4.88. The molecule has 0 radical (unpaired) electrons. The fourth-order valence-corrected chi connectivity index (χ4v) is 3.48. The number of carbonyl (C=O) groups is 1. The van der Waals surface area contributed by atoms with Crippen molar-refractivity contribution < 1.29 is 24.1 Å². The number of nitrogens with zero attached hydrogens (tertiary/aromatic N) is 4. The van der Waals surface area contributed by atoms with Gasteiger partial charge in [0.15, 0.2) is 5.75 Å². The fourth-order valence-electron chi connectivity index (χ4n) is 3.48. The van der Waals surface area contributed by atoms with E-state index in [1.807, 2.05) is 17.0 Å². The third-order valence-corrected chi connectivity index (χ3v) is 4.88. The summed E-state index contributed by atoms with van der Waals surface area (Å²) < 4.78 is 16.9. The standard InChI is InChI=1S/C19H22N4O5/c1-26-19-13(11-24)6-14(8-21-19)23-4-5-27-17-9-20-18(7-16(17)23)28-15-2-3-22(10-15)12-25/h6-9,12,15,24H,2-5,10-11H2,1H3/t15-/m0/s1. The summed E-state index contributed by atoms with van der Waals surface area (Å²) in [5.41, 5.74) is 2.25. The second-order valence-electron chi connectivity index (χ2n) is 6.64. The second-order valence-corrected chi connectivity index (χ2v) is 6.64. The van der Waals surface area contributed by atoms with Gasteiger partial charge in [-0.05, 0) is 6.07 Å². The highest BCUT2D eigenvalue weighted by Crippen LogP contribution is 2.39. The molecule has 28 heavy (non-hydrogen) atoms. The highest BCUT2D eigenvalue weighted by molar-refractivity contribution is 5.71. The highest BCUT2D eigenvalue weighted by Gasteiger charge is 2.26. The Morgan fingerprint density at radius 1 is 1.32 bits per heavy atom. The van der Waals surface area contributed by atoms with Gasteiger partial charge in [0.2, 0.25) is 18.2 Å². The molecule has 148 valence electrons. The van der Waals surface area contributed by atoms with E-state index in [4.69, 9.17) is 14.2 Å². The van der Waals surface area contributed by atoms with Crippen LogP contribution in [0.5, 0.6) is 17.5 Å². The number of hydrogen-bond acceptors (Lipinski definition) is 8. The molecule has 0 bridgehead atoms. The average molecular weight is 386 g/mol. The number of methoxy groups -OCH3 is 1. The molecule has 1 atom stereocenters. The lowest BCUT2D eigenvalue weighted by molar-refractivity contribution is -0.117. The molecule has 4 rings (SSSR count). The van der Waals surface area contributed by atoms with Gasteiger partial charge in [-0.15, -0.1) is 0 Å². The number of hydrogen-bond donors (Lipinski definition) is 1. The van der Waals surface area contributed by atoms with Crippen LogP contribution in [0.1, 0.15) is 12.0 Å². The van der Waals surface area contributed by atoms with Crippen molar-refractivity contribution in [3.05, 3.63) is 30.1 Å². The minimum atomic E-state index is -0.166. The quantitative estimate of drug-likeness (QED) is 0.738. The third kappa shape index (κ3) is 3.53. The first-order chi connectivity index (χ1) is 13.7.